The number of methoxy groups -OCH3 is 1. The Morgan fingerprint density at radius 1 is 1.32 bits per heavy atom. The second-order valence-electron chi connectivity index (χ2n) is 6.00. The van der Waals surface area contributed by atoms with Gasteiger partial charge in [0.15, 0.2) is 9.84 Å². The van der Waals surface area contributed by atoms with Crippen LogP contribution >= 0.6 is 0 Å². The lowest BCUT2D eigenvalue weighted by Gasteiger charge is -2.34. The molecule has 0 radical (unpaired) electrons. The summed E-state index contributed by atoms with van der Waals surface area (Å²) in [6, 6.07) is -0.283. The second-order valence-corrected chi connectivity index (χ2v) is 8.86. The number of piperidine rings is 1. The van der Waals surface area contributed by atoms with Gasteiger partial charge >= 0.3 is 5.97 Å². The number of hydrogen-bond acceptors (Lipinski definition) is 5. The zero-order valence-corrected chi connectivity index (χ0v) is 13.1. The molecule has 0 saturated carbocycles. The molecule has 0 aromatic heterocycles. The van der Waals surface area contributed by atoms with Crippen LogP contribution in [-0.2, 0) is 19.4 Å². The fraction of sp³-hybridized carbons (Fsp3) is 0.923. The van der Waals surface area contributed by atoms with Gasteiger partial charge in [0.25, 0.3) is 0 Å². The van der Waals surface area contributed by atoms with Crippen LogP contribution in [0.25, 0.3) is 0 Å². The van der Waals surface area contributed by atoms with Crippen molar-refractivity contribution in [3.63, 3.8) is 0 Å². The molecule has 1 atom stereocenters. The van der Waals surface area contributed by atoms with E-state index in [2.05, 4.69) is 0 Å². The Hall–Kier alpha value is -0.620. The smallest absolute Gasteiger partial charge is 0.323 e. The van der Waals surface area contributed by atoms with Gasteiger partial charge < -0.3 is 4.74 Å². The summed E-state index contributed by atoms with van der Waals surface area (Å²) in [7, 11) is -1.77. The highest BCUT2D eigenvalue weighted by molar-refractivity contribution is 7.92. The molecule has 0 N–H and O–H groups in total. The van der Waals surface area contributed by atoms with Gasteiger partial charge in [0.05, 0.1) is 17.6 Å². The number of ether oxygens (including phenoxy) is 1. The number of nitrogens with zero attached hydrogens (tertiary/aromatic N) is 1. The van der Waals surface area contributed by atoms with E-state index in [1.165, 1.54) is 7.11 Å². The van der Waals surface area contributed by atoms with Crippen LogP contribution in [0.4, 0.5) is 0 Å². The number of carbonyl (C=O) groups is 1. The van der Waals surface area contributed by atoms with Crippen LogP contribution in [0, 0.1) is 0 Å². The summed E-state index contributed by atoms with van der Waals surface area (Å²) in [5.41, 5.74) is 0. The van der Waals surface area contributed by atoms with Crippen LogP contribution in [0.3, 0.4) is 0 Å². The summed E-state index contributed by atoms with van der Waals surface area (Å²) in [5, 5.41) is 0. The molecular weight excluding hydrogens is 266 g/mol. The molecule has 1 fully saturated rings. The predicted octanol–water partition coefficient (Wildman–Crippen LogP) is 1.23. The molecule has 1 heterocycles. The average Bonchev–Trinajstić information content (AvgIpc) is 2.34. The van der Waals surface area contributed by atoms with Crippen LogP contribution in [0.5, 0.6) is 0 Å². The quantitative estimate of drug-likeness (QED) is 0.729. The van der Waals surface area contributed by atoms with Crippen LogP contribution in [0.2, 0.25) is 0 Å². The summed E-state index contributed by atoms with van der Waals surface area (Å²) in [5.74, 6) is -0.169. The fourth-order valence-electron chi connectivity index (χ4n) is 2.21. The number of rotatable bonds is 4. The minimum atomic E-state index is -3.15. The lowest BCUT2D eigenvalue weighted by Crippen LogP contribution is -2.48. The Labute approximate surface area is 116 Å². The maximum absolute atomic E-state index is 12.1. The molecule has 0 bridgehead atoms. The SMILES string of the molecule is COC(=O)[C@H]1CCCCN1CCS(=O)(=O)C(C)(C)C. The number of likely N-dealkylation sites (tertiary alicyclic amines) is 1. The highest BCUT2D eigenvalue weighted by Crippen LogP contribution is 2.20. The highest BCUT2D eigenvalue weighted by atomic mass is 32.2. The standard InChI is InChI=1S/C13H25NO4S/c1-13(2,3)19(16,17)10-9-14-8-6-5-7-11(14)12(15)18-4/h11H,5-10H2,1-4H3/t11-/m1/s1. The first kappa shape index (κ1) is 16.4. The summed E-state index contributed by atoms with van der Waals surface area (Å²) >= 11 is 0. The number of carbonyl (C=O) groups excluding carboxylic acids is 1. The molecular formula is C13H25NO4S. The predicted molar refractivity (Wildman–Crippen MR) is 74.8 cm³/mol. The minimum Gasteiger partial charge on any atom is -0.468 e. The normalized spacial score (nSPS) is 22.2. The van der Waals surface area contributed by atoms with Gasteiger partial charge in [-0.1, -0.05) is 6.42 Å². The molecule has 6 heteroatoms. The third kappa shape index (κ3) is 4.18. The zero-order chi connectivity index (χ0) is 14.7. The Morgan fingerprint density at radius 3 is 2.47 bits per heavy atom. The lowest BCUT2D eigenvalue weighted by atomic mass is 10.0. The number of esters is 1. The fourth-order valence-corrected chi connectivity index (χ4v) is 3.29. The van der Waals surface area contributed by atoms with Gasteiger partial charge in [-0.25, -0.2) is 8.42 Å². The van der Waals surface area contributed by atoms with Crippen molar-refractivity contribution in [1.29, 1.82) is 0 Å². The van der Waals surface area contributed by atoms with Gasteiger partial charge in [-0.05, 0) is 40.2 Å². The molecule has 1 rings (SSSR count). The topological polar surface area (TPSA) is 63.7 Å². The van der Waals surface area contributed by atoms with Crippen molar-refractivity contribution < 1.29 is 17.9 Å². The molecule has 1 aliphatic heterocycles. The summed E-state index contributed by atoms with van der Waals surface area (Å²) in [6.07, 6.45) is 2.74. The van der Waals surface area contributed by atoms with Crippen LogP contribution in [0.15, 0.2) is 0 Å². The maximum Gasteiger partial charge on any atom is 0.323 e. The van der Waals surface area contributed by atoms with Crippen molar-refractivity contribution in [1.82, 2.24) is 4.90 Å². The van der Waals surface area contributed by atoms with Crippen LogP contribution in [-0.4, -0.2) is 56.0 Å². The highest BCUT2D eigenvalue weighted by Gasteiger charge is 2.33. The van der Waals surface area contributed by atoms with E-state index in [0.29, 0.717) is 6.54 Å². The minimum absolute atomic E-state index is 0.0873. The molecule has 1 saturated heterocycles. The Kier molecular flexibility index (Phi) is 5.38. The van der Waals surface area contributed by atoms with Gasteiger partial charge in [0, 0.05) is 6.54 Å². The van der Waals surface area contributed by atoms with Crippen molar-refractivity contribution in [2.75, 3.05) is 26.0 Å². The monoisotopic (exact) mass is 291 g/mol. The largest absolute Gasteiger partial charge is 0.468 e. The van der Waals surface area contributed by atoms with Crippen LogP contribution < -0.4 is 0 Å². The Bertz CT molecular complexity index is 411. The molecule has 112 valence electrons. The molecule has 0 unspecified atom stereocenters. The summed E-state index contributed by atoms with van der Waals surface area (Å²) in [6.45, 7) is 6.28. The van der Waals surface area contributed by atoms with E-state index >= 15 is 0 Å². The summed E-state index contributed by atoms with van der Waals surface area (Å²) < 4.78 is 28.2. The molecule has 0 aromatic rings. The Balaban J connectivity index is 2.67. The van der Waals surface area contributed by atoms with Gasteiger partial charge in [-0.3, -0.25) is 9.69 Å². The number of sulfone groups is 1. The van der Waals surface area contributed by atoms with Gasteiger partial charge in [0.1, 0.15) is 6.04 Å². The van der Waals surface area contributed by atoms with Gasteiger partial charge in [-0.15, -0.1) is 0 Å². The van der Waals surface area contributed by atoms with E-state index in [0.717, 1.165) is 25.8 Å². The molecule has 19 heavy (non-hydrogen) atoms. The van der Waals surface area contributed by atoms with Crippen molar-refractivity contribution >= 4 is 15.8 Å². The average molecular weight is 291 g/mol. The van der Waals surface area contributed by atoms with Gasteiger partial charge in [-0.2, -0.15) is 0 Å². The number of hydrogen-bond donors (Lipinski definition) is 0. The molecule has 0 aliphatic carbocycles. The van der Waals surface area contributed by atoms with E-state index in [-0.39, 0.29) is 17.8 Å². The third-order valence-corrected chi connectivity index (χ3v) is 6.25. The van der Waals surface area contributed by atoms with Crippen LogP contribution in [0.1, 0.15) is 40.0 Å². The molecule has 0 amide bonds. The summed E-state index contributed by atoms with van der Waals surface area (Å²) in [4.78, 5) is 13.6. The molecule has 5 nitrogen and oxygen atoms in total. The lowest BCUT2D eigenvalue weighted by molar-refractivity contribution is -0.148. The van der Waals surface area contributed by atoms with Crippen molar-refractivity contribution in [2.45, 2.75) is 50.8 Å². The van der Waals surface area contributed by atoms with E-state index in [9.17, 15) is 13.2 Å². The zero-order valence-electron chi connectivity index (χ0n) is 12.3. The maximum atomic E-state index is 12.1. The van der Waals surface area contributed by atoms with E-state index in [1.54, 1.807) is 20.8 Å². The Morgan fingerprint density at radius 2 is 1.95 bits per heavy atom. The van der Waals surface area contributed by atoms with Gasteiger partial charge in [0.2, 0.25) is 0 Å². The third-order valence-electron chi connectivity index (χ3n) is 3.67. The first-order valence-electron chi connectivity index (χ1n) is 6.73. The first-order chi connectivity index (χ1) is 8.69. The molecule has 0 aromatic carbocycles. The molecule has 0 spiro atoms. The first-order valence-corrected chi connectivity index (χ1v) is 8.38. The second kappa shape index (κ2) is 6.22. The van der Waals surface area contributed by atoms with Crippen molar-refractivity contribution in [2.24, 2.45) is 0 Å². The molecule has 1 aliphatic rings. The van der Waals surface area contributed by atoms with E-state index in [4.69, 9.17) is 4.74 Å². The van der Waals surface area contributed by atoms with E-state index in [1.807, 2.05) is 4.90 Å². The van der Waals surface area contributed by atoms with E-state index < -0.39 is 14.6 Å². The van der Waals surface area contributed by atoms with Crippen molar-refractivity contribution in [3.05, 3.63) is 0 Å². The van der Waals surface area contributed by atoms with Crippen molar-refractivity contribution in [3.8, 4) is 0 Å².